The molecule has 70 valence electrons. The lowest BCUT2D eigenvalue weighted by Crippen LogP contribution is -1.95. The van der Waals surface area contributed by atoms with Gasteiger partial charge >= 0.3 is 8.03 Å². The van der Waals surface area contributed by atoms with E-state index in [1.54, 1.807) is 0 Å². The van der Waals surface area contributed by atoms with Crippen LogP contribution >= 0.6 is 8.03 Å². The molecule has 0 aliphatic heterocycles. The molecular weight excluding hydrogens is 195 g/mol. The molecule has 0 fully saturated rings. The van der Waals surface area contributed by atoms with Crippen molar-refractivity contribution in [3.63, 3.8) is 0 Å². The summed E-state index contributed by atoms with van der Waals surface area (Å²) in [5.74, 6) is 0. The molecule has 2 rings (SSSR count). The molecule has 0 saturated carbocycles. The van der Waals surface area contributed by atoms with Crippen molar-refractivity contribution in [1.82, 2.24) is 0 Å². The average molecular weight is 205 g/mol. The van der Waals surface area contributed by atoms with Crippen LogP contribution in [-0.4, -0.2) is 7.11 Å². The zero-order chi connectivity index (χ0) is 9.97. The monoisotopic (exact) mass is 205 g/mol. The third-order valence-corrected chi connectivity index (χ3v) is 3.14. The van der Waals surface area contributed by atoms with Gasteiger partial charge in [0.25, 0.3) is 0 Å². The summed E-state index contributed by atoms with van der Waals surface area (Å²) in [5, 5.41) is 2.97. The van der Waals surface area contributed by atoms with Crippen molar-refractivity contribution in [1.29, 1.82) is 0 Å². The maximum absolute atomic E-state index is 11.4. The molecule has 2 nitrogen and oxygen atoms in total. The third kappa shape index (κ3) is 1.67. The lowest BCUT2D eigenvalue weighted by molar-refractivity contribution is 0.423. The third-order valence-electron chi connectivity index (χ3n) is 2.11. The molecule has 0 aromatic heterocycles. The van der Waals surface area contributed by atoms with Crippen molar-refractivity contribution in [2.75, 3.05) is 7.11 Å². The van der Waals surface area contributed by atoms with E-state index in [4.69, 9.17) is 4.52 Å². The van der Waals surface area contributed by atoms with Gasteiger partial charge in [-0.25, -0.2) is 0 Å². The van der Waals surface area contributed by atoms with E-state index < -0.39 is 8.03 Å². The molecule has 1 unspecified atom stereocenters. The first kappa shape index (κ1) is 9.32. The summed E-state index contributed by atoms with van der Waals surface area (Å²) in [4.78, 5) is 0. The van der Waals surface area contributed by atoms with Crippen molar-refractivity contribution < 1.29 is 9.09 Å². The van der Waals surface area contributed by atoms with E-state index in [0.29, 0.717) is 0 Å². The van der Waals surface area contributed by atoms with Crippen LogP contribution in [0.5, 0.6) is 0 Å². The Labute approximate surface area is 83.4 Å². The van der Waals surface area contributed by atoms with Gasteiger partial charge in [-0.3, -0.25) is 0 Å². The molecule has 3 heteroatoms. The van der Waals surface area contributed by atoms with E-state index in [9.17, 15) is 4.57 Å². The molecule has 0 amide bonds. The molecule has 0 aliphatic carbocycles. The minimum atomic E-state index is -1.70. The molecule has 14 heavy (non-hydrogen) atoms. The van der Waals surface area contributed by atoms with Gasteiger partial charge in [-0.2, -0.15) is 0 Å². The predicted molar refractivity (Wildman–Crippen MR) is 58.2 cm³/mol. The Morgan fingerprint density at radius 3 is 2.50 bits per heavy atom. The summed E-state index contributed by atoms with van der Waals surface area (Å²) in [6, 6.07) is 13.7. The van der Waals surface area contributed by atoms with Crippen LogP contribution < -0.4 is 5.30 Å². The Morgan fingerprint density at radius 2 is 1.79 bits per heavy atom. The highest BCUT2D eigenvalue weighted by atomic mass is 31.1. The van der Waals surface area contributed by atoms with Gasteiger partial charge in [0.05, 0.1) is 7.11 Å². The van der Waals surface area contributed by atoms with E-state index in [1.807, 2.05) is 42.5 Å². The number of fused-ring (bicyclic) bond motifs is 1. The SMILES string of the molecule is CO[P+](=O)c1ccc2ccccc2c1. The Kier molecular flexibility index (Phi) is 2.58. The molecule has 2 aromatic carbocycles. The first-order valence-electron chi connectivity index (χ1n) is 4.31. The first-order valence-corrected chi connectivity index (χ1v) is 5.49. The van der Waals surface area contributed by atoms with Crippen molar-refractivity contribution in [3.05, 3.63) is 42.5 Å². The van der Waals surface area contributed by atoms with Crippen molar-refractivity contribution in [2.45, 2.75) is 0 Å². The van der Waals surface area contributed by atoms with Gasteiger partial charge in [-0.1, -0.05) is 24.3 Å². The second-order valence-electron chi connectivity index (χ2n) is 2.97. The molecule has 0 radical (unpaired) electrons. The van der Waals surface area contributed by atoms with E-state index in [2.05, 4.69) is 0 Å². The summed E-state index contributed by atoms with van der Waals surface area (Å²) < 4.78 is 16.2. The average Bonchev–Trinajstić information content (AvgIpc) is 2.27. The van der Waals surface area contributed by atoms with Gasteiger partial charge in [-0.15, -0.1) is 4.52 Å². The lowest BCUT2D eigenvalue weighted by Gasteiger charge is -1.94. The summed E-state index contributed by atoms with van der Waals surface area (Å²) in [6.45, 7) is 0. The van der Waals surface area contributed by atoms with Crippen LogP contribution in [0.25, 0.3) is 10.8 Å². The minimum absolute atomic E-state index is 0.737. The molecule has 1 atom stereocenters. The highest BCUT2D eigenvalue weighted by Gasteiger charge is 2.19. The van der Waals surface area contributed by atoms with Crippen LogP contribution in [0.4, 0.5) is 0 Å². The summed E-state index contributed by atoms with van der Waals surface area (Å²) >= 11 is 0. The smallest absolute Gasteiger partial charge is 0.145 e. The highest BCUT2D eigenvalue weighted by Crippen LogP contribution is 2.22. The van der Waals surface area contributed by atoms with Crippen LogP contribution in [0.15, 0.2) is 42.5 Å². The Balaban J connectivity index is 2.56. The summed E-state index contributed by atoms with van der Waals surface area (Å²) in [6.07, 6.45) is 0. The number of hydrogen-bond donors (Lipinski definition) is 0. The minimum Gasteiger partial charge on any atom is -0.145 e. The quantitative estimate of drug-likeness (QED) is 0.704. The Hall–Kier alpha value is -1.24. The normalized spacial score (nSPS) is 11.6. The van der Waals surface area contributed by atoms with E-state index in [-0.39, 0.29) is 0 Å². The van der Waals surface area contributed by atoms with Gasteiger partial charge in [0, 0.05) is 6.07 Å². The van der Waals surface area contributed by atoms with Gasteiger partial charge < -0.3 is 0 Å². The van der Waals surface area contributed by atoms with Crippen LogP contribution in [0.2, 0.25) is 0 Å². The van der Waals surface area contributed by atoms with Gasteiger partial charge in [0.1, 0.15) is 0 Å². The Bertz CT molecular complexity index is 479. The molecule has 0 heterocycles. The molecule has 0 saturated heterocycles. The largest absolute Gasteiger partial charge is 0.548 e. The van der Waals surface area contributed by atoms with Gasteiger partial charge in [0.2, 0.25) is 5.30 Å². The fourth-order valence-corrected chi connectivity index (χ4v) is 2.05. The summed E-state index contributed by atoms with van der Waals surface area (Å²) in [5.41, 5.74) is 0. The zero-order valence-electron chi connectivity index (χ0n) is 7.81. The van der Waals surface area contributed by atoms with Crippen LogP contribution in [-0.2, 0) is 9.09 Å². The molecule has 2 aromatic rings. The molecule has 0 aliphatic rings. The zero-order valence-corrected chi connectivity index (χ0v) is 8.70. The molecule has 0 N–H and O–H groups in total. The van der Waals surface area contributed by atoms with Crippen LogP contribution in [0.3, 0.4) is 0 Å². The van der Waals surface area contributed by atoms with E-state index >= 15 is 0 Å². The van der Waals surface area contributed by atoms with Crippen molar-refractivity contribution in [3.8, 4) is 0 Å². The molecular formula is C11H10O2P+. The van der Waals surface area contributed by atoms with E-state index in [0.717, 1.165) is 16.1 Å². The second-order valence-corrected chi connectivity index (χ2v) is 4.37. The standard InChI is InChI=1S/C11H10O2P/c1-13-14(12)11-7-6-9-4-2-3-5-10(9)8-11/h2-8H,1H3/q+1. The van der Waals surface area contributed by atoms with Crippen molar-refractivity contribution in [2.24, 2.45) is 0 Å². The van der Waals surface area contributed by atoms with Gasteiger partial charge in [0.15, 0.2) is 0 Å². The lowest BCUT2D eigenvalue weighted by atomic mass is 10.1. The van der Waals surface area contributed by atoms with Crippen LogP contribution in [0.1, 0.15) is 0 Å². The maximum Gasteiger partial charge on any atom is 0.548 e. The molecule has 0 spiro atoms. The summed E-state index contributed by atoms with van der Waals surface area (Å²) in [7, 11) is -0.244. The predicted octanol–water partition coefficient (Wildman–Crippen LogP) is 2.85. The number of rotatable bonds is 2. The number of benzene rings is 2. The second kappa shape index (κ2) is 3.87. The van der Waals surface area contributed by atoms with Crippen LogP contribution in [0, 0.1) is 0 Å². The van der Waals surface area contributed by atoms with Crippen molar-refractivity contribution >= 4 is 24.1 Å². The highest BCUT2D eigenvalue weighted by molar-refractivity contribution is 7.48. The van der Waals surface area contributed by atoms with E-state index in [1.165, 1.54) is 7.11 Å². The first-order chi connectivity index (χ1) is 6.81. The topological polar surface area (TPSA) is 26.3 Å². The van der Waals surface area contributed by atoms with Gasteiger partial charge in [-0.05, 0) is 27.5 Å². The molecule has 0 bridgehead atoms. The fourth-order valence-electron chi connectivity index (χ4n) is 1.40. The maximum atomic E-state index is 11.4. The number of hydrogen-bond acceptors (Lipinski definition) is 2. The fraction of sp³-hybridized carbons (Fsp3) is 0.0909. The Morgan fingerprint density at radius 1 is 1.07 bits per heavy atom.